The van der Waals surface area contributed by atoms with Gasteiger partial charge in [-0.1, -0.05) is 60.7 Å². The summed E-state index contributed by atoms with van der Waals surface area (Å²) in [7, 11) is 0. The second kappa shape index (κ2) is 5.31. The van der Waals surface area contributed by atoms with E-state index in [0.29, 0.717) is 17.7 Å². The molecule has 0 aliphatic carbocycles. The van der Waals surface area contributed by atoms with Crippen LogP contribution >= 0.6 is 0 Å². The second-order valence-electron chi connectivity index (χ2n) is 6.37. The van der Waals surface area contributed by atoms with E-state index in [9.17, 15) is 9.59 Å². The highest BCUT2D eigenvalue weighted by Gasteiger charge is 2.48. The summed E-state index contributed by atoms with van der Waals surface area (Å²) in [5, 5.41) is 1.79. The number of hydrogen-bond donors (Lipinski definition) is 0. The Kier molecular flexibility index (Phi) is 3.24. The molecule has 3 heteroatoms. The number of carbonyl (C=O) groups excluding carboxylic acids is 2. The van der Waals surface area contributed by atoms with Gasteiger partial charge < -0.3 is 4.74 Å². The number of esters is 1. The van der Waals surface area contributed by atoms with E-state index in [-0.39, 0.29) is 5.78 Å². The molecule has 24 heavy (non-hydrogen) atoms. The molecule has 1 heterocycles. The van der Waals surface area contributed by atoms with Gasteiger partial charge in [-0.05, 0) is 35.7 Å². The lowest BCUT2D eigenvalue weighted by atomic mass is 9.74. The van der Waals surface area contributed by atoms with Crippen LogP contribution in [0, 0.1) is 5.41 Å². The van der Waals surface area contributed by atoms with Gasteiger partial charge in [0.2, 0.25) is 0 Å². The van der Waals surface area contributed by atoms with Crippen LogP contribution < -0.4 is 4.74 Å². The van der Waals surface area contributed by atoms with Gasteiger partial charge in [0, 0.05) is 0 Å². The Labute approximate surface area is 139 Å². The van der Waals surface area contributed by atoms with Gasteiger partial charge in [-0.2, -0.15) is 0 Å². The number of hydrogen-bond acceptors (Lipinski definition) is 3. The molecule has 0 N–H and O–H groups in total. The fourth-order valence-corrected chi connectivity index (χ4v) is 3.31. The van der Waals surface area contributed by atoms with Crippen LogP contribution in [0.2, 0.25) is 0 Å². The monoisotopic (exact) mass is 316 g/mol. The van der Waals surface area contributed by atoms with Crippen molar-refractivity contribution in [2.24, 2.45) is 5.41 Å². The summed E-state index contributed by atoms with van der Waals surface area (Å²) in [6, 6.07) is 20.8. The standard InChI is InChI=1S/C21H16O3/c1-21(13-14-7-3-2-4-8-14)19(22)18-16-10-6-5-9-15(16)11-12-17(18)24-20(21)23/h2-12H,13H2,1H3/t21-/m0/s1. The molecule has 0 aromatic heterocycles. The second-order valence-corrected chi connectivity index (χ2v) is 6.37. The Bertz CT molecular complexity index is 959. The van der Waals surface area contributed by atoms with E-state index >= 15 is 0 Å². The van der Waals surface area contributed by atoms with Crippen molar-refractivity contribution in [3.05, 3.63) is 77.9 Å². The van der Waals surface area contributed by atoms with Crippen LogP contribution in [0.1, 0.15) is 22.8 Å². The zero-order chi connectivity index (χ0) is 16.7. The van der Waals surface area contributed by atoms with Gasteiger partial charge >= 0.3 is 5.97 Å². The SMILES string of the molecule is C[C@@]1(Cc2ccccc2)C(=O)Oc2ccc3ccccc3c2C1=O. The average molecular weight is 316 g/mol. The van der Waals surface area contributed by atoms with Crippen molar-refractivity contribution in [3.8, 4) is 5.75 Å². The smallest absolute Gasteiger partial charge is 0.325 e. The molecule has 0 saturated heterocycles. The zero-order valence-corrected chi connectivity index (χ0v) is 13.3. The molecule has 1 atom stereocenters. The molecule has 0 bridgehead atoms. The molecule has 0 unspecified atom stereocenters. The van der Waals surface area contributed by atoms with Crippen LogP contribution in [-0.4, -0.2) is 11.8 Å². The van der Waals surface area contributed by atoms with Crippen molar-refractivity contribution < 1.29 is 14.3 Å². The molecule has 0 saturated carbocycles. The molecule has 1 aliphatic rings. The summed E-state index contributed by atoms with van der Waals surface area (Å²) in [6.07, 6.45) is 0.328. The highest BCUT2D eigenvalue weighted by molar-refractivity contribution is 6.22. The minimum Gasteiger partial charge on any atom is -0.425 e. The van der Waals surface area contributed by atoms with Crippen LogP contribution in [0.15, 0.2) is 66.7 Å². The highest BCUT2D eigenvalue weighted by Crippen LogP contribution is 2.41. The van der Waals surface area contributed by atoms with Gasteiger partial charge in [-0.15, -0.1) is 0 Å². The Morgan fingerprint density at radius 2 is 1.58 bits per heavy atom. The summed E-state index contributed by atoms with van der Waals surface area (Å²) in [6.45, 7) is 1.68. The van der Waals surface area contributed by atoms with Crippen LogP contribution in [0.5, 0.6) is 5.75 Å². The summed E-state index contributed by atoms with van der Waals surface area (Å²) in [5.41, 5.74) is 0.235. The average Bonchev–Trinajstić information content (AvgIpc) is 2.60. The quantitative estimate of drug-likeness (QED) is 0.404. The third-order valence-corrected chi connectivity index (χ3v) is 4.67. The molecule has 3 nitrogen and oxygen atoms in total. The maximum Gasteiger partial charge on any atom is 0.325 e. The molecule has 3 aromatic rings. The minimum absolute atomic E-state index is 0.172. The summed E-state index contributed by atoms with van der Waals surface area (Å²) in [4.78, 5) is 25.9. The molecule has 1 aliphatic heterocycles. The van der Waals surface area contributed by atoms with E-state index in [4.69, 9.17) is 4.74 Å². The number of rotatable bonds is 2. The molecule has 0 spiro atoms. The number of ether oxygens (including phenoxy) is 1. The van der Waals surface area contributed by atoms with Gasteiger partial charge in [0.1, 0.15) is 11.2 Å². The van der Waals surface area contributed by atoms with Crippen LogP contribution in [-0.2, 0) is 11.2 Å². The maximum absolute atomic E-state index is 13.3. The number of ketones is 1. The Balaban J connectivity index is 1.87. The van der Waals surface area contributed by atoms with Gasteiger partial charge in [-0.3, -0.25) is 9.59 Å². The number of Topliss-reactive ketones (excluding diaryl/α,β-unsaturated/α-hetero) is 1. The first kappa shape index (κ1) is 14.6. The van der Waals surface area contributed by atoms with Crippen LogP contribution in [0.4, 0.5) is 0 Å². The van der Waals surface area contributed by atoms with Gasteiger partial charge in [0.25, 0.3) is 0 Å². The Hall–Kier alpha value is -2.94. The van der Waals surface area contributed by atoms with E-state index in [1.807, 2.05) is 60.7 Å². The van der Waals surface area contributed by atoms with E-state index in [0.717, 1.165) is 16.3 Å². The predicted molar refractivity (Wildman–Crippen MR) is 92.2 cm³/mol. The molecule has 118 valence electrons. The summed E-state index contributed by atoms with van der Waals surface area (Å²) < 4.78 is 5.54. The van der Waals surface area contributed by atoms with Crippen molar-refractivity contribution >= 4 is 22.5 Å². The molecule has 3 aromatic carbocycles. The van der Waals surface area contributed by atoms with Gasteiger partial charge in [0.15, 0.2) is 5.78 Å². The lowest BCUT2D eigenvalue weighted by Gasteiger charge is -2.31. The fraction of sp³-hybridized carbons (Fsp3) is 0.143. The number of benzene rings is 3. The van der Waals surface area contributed by atoms with Crippen molar-refractivity contribution in [2.45, 2.75) is 13.3 Å². The first-order valence-corrected chi connectivity index (χ1v) is 7.92. The molecule has 4 rings (SSSR count). The van der Waals surface area contributed by atoms with Crippen LogP contribution in [0.25, 0.3) is 10.8 Å². The number of carbonyl (C=O) groups is 2. The van der Waals surface area contributed by atoms with Crippen molar-refractivity contribution in [2.75, 3.05) is 0 Å². The molecular formula is C21H16O3. The molecule has 0 radical (unpaired) electrons. The van der Waals surface area contributed by atoms with Gasteiger partial charge in [0.05, 0.1) is 5.56 Å². The topological polar surface area (TPSA) is 43.4 Å². The van der Waals surface area contributed by atoms with Crippen molar-refractivity contribution in [3.63, 3.8) is 0 Å². The van der Waals surface area contributed by atoms with Gasteiger partial charge in [-0.25, -0.2) is 0 Å². The van der Waals surface area contributed by atoms with Crippen molar-refractivity contribution in [1.29, 1.82) is 0 Å². The third kappa shape index (κ3) is 2.13. The fourth-order valence-electron chi connectivity index (χ4n) is 3.31. The predicted octanol–water partition coefficient (Wildman–Crippen LogP) is 4.19. The molecule has 0 fully saturated rings. The first-order valence-electron chi connectivity index (χ1n) is 7.92. The number of fused-ring (bicyclic) bond motifs is 3. The van der Waals surface area contributed by atoms with E-state index < -0.39 is 11.4 Å². The van der Waals surface area contributed by atoms with E-state index in [1.165, 1.54) is 0 Å². The third-order valence-electron chi connectivity index (χ3n) is 4.67. The lowest BCUT2D eigenvalue weighted by molar-refractivity contribution is -0.143. The minimum atomic E-state index is -1.21. The lowest BCUT2D eigenvalue weighted by Crippen LogP contribution is -2.45. The Morgan fingerprint density at radius 3 is 2.38 bits per heavy atom. The normalized spacial score (nSPS) is 19.9. The maximum atomic E-state index is 13.3. The summed E-state index contributed by atoms with van der Waals surface area (Å²) in [5.74, 6) is -0.303. The highest BCUT2D eigenvalue weighted by atomic mass is 16.5. The molecule has 0 amide bonds. The largest absolute Gasteiger partial charge is 0.425 e. The Morgan fingerprint density at radius 1 is 0.875 bits per heavy atom. The summed E-state index contributed by atoms with van der Waals surface area (Å²) >= 11 is 0. The van der Waals surface area contributed by atoms with Crippen molar-refractivity contribution in [1.82, 2.24) is 0 Å². The van der Waals surface area contributed by atoms with E-state index in [2.05, 4.69) is 0 Å². The van der Waals surface area contributed by atoms with E-state index in [1.54, 1.807) is 13.0 Å². The van der Waals surface area contributed by atoms with Crippen LogP contribution in [0.3, 0.4) is 0 Å². The first-order chi connectivity index (χ1) is 11.6. The molecular weight excluding hydrogens is 300 g/mol. The zero-order valence-electron chi connectivity index (χ0n) is 13.3.